The van der Waals surface area contributed by atoms with E-state index in [1.165, 1.54) is 11.3 Å². The summed E-state index contributed by atoms with van der Waals surface area (Å²) in [5, 5.41) is 12.1. The van der Waals surface area contributed by atoms with E-state index in [0.29, 0.717) is 12.3 Å². The summed E-state index contributed by atoms with van der Waals surface area (Å²) in [6, 6.07) is 9.62. The molecule has 1 N–H and O–H groups in total. The molecular weight excluding hydrogens is 222 g/mol. The van der Waals surface area contributed by atoms with Crippen LogP contribution in [0.25, 0.3) is 0 Å². The van der Waals surface area contributed by atoms with Gasteiger partial charge in [-0.2, -0.15) is 0 Å². The molecule has 0 aliphatic carbocycles. The van der Waals surface area contributed by atoms with Gasteiger partial charge in [0.05, 0.1) is 11.8 Å². The number of aliphatic hydroxyl groups excluding tert-OH is 1. The monoisotopic (exact) mass is 235 g/mol. The van der Waals surface area contributed by atoms with Gasteiger partial charge in [0.2, 0.25) is 0 Å². The van der Waals surface area contributed by atoms with Crippen LogP contribution in [-0.4, -0.2) is 10.1 Å². The third-order valence-electron chi connectivity index (χ3n) is 2.10. The van der Waals surface area contributed by atoms with Gasteiger partial charge in [-0.15, -0.1) is 11.3 Å². The summed E-state index contributed by atoms with van der Waals surface area (Å²) in [5.74, 6) is 0.830. The van der Waals surface area contributed by atoms with Crippen molar-refractivity contribution in [3.05, 3.63) is 46.4 Å². The average molecular weight is 235 g/mol. The van der Waals surface area contributed by atoms with Crippen molar-refractivity contribution >= 4 is 11.3 Å². The molecule has 0 bridgehead atoms. The summed E-state index contributed by atoms with van der Waals surface area (Å²) in [4.78, 5) is 4.27. The summed E-state index contributed by atoms with van der Waals surface area (Å²) in [5.41, 5.74) is 0.705. The number of thiazole rings is 1. The molecule has 16 heavy (non-hydrogen) atoms. The number of benzene rings is 1. The van der Waals surface area contributed by atoms with Crippen LogP contribution >= 0.6 is 11.3 Å². The highest BCUT2D eigenvalue weighted by Gasteiger charge is 2.06. The van der Waals surface area contributed by atoms with Crippen molar-refractivity contribution < 1.29 is 9.84 Å². The second-order valence-electron chi connectivity index (χ2n) is 3.44. The van der Waals surface area contributed by atoms with Gasteiger partial charge in [-0.05, 0) is 19.1 Å². The fourth-order valence-corrected chi connectivity index (χ4v) is 2.04. The summed E-state index contributed by atoms with van der Waals surface area (Å²) in [6.45, 7) is 2.15. The van der Waals surface area contributed by atoms with E-state index in [1.807, 2.05) is 35.7 Å². The molecule has 2 rings (SSSR count). The molecule has 0 radical (unpaired) electrons. The zero-order valence-electron chi connectivity index (χ0n) is 8.96. The second kappa shape index (κ2) is 5.09. The maximum absolute atomic E-state index is 9.33. The van der Waals surface area contributed by atoms with Crippen LogP contribution < -0.4 is 4.74 Å². The van der Waals surface area contributed by atoms with Crippen molar-refractivity contribution in [2.45, 2.75) is 19.6 Å². The molecule has 1 atom stereocenters. The van der Waals surface area contributed by atoms with Crippen molar-refractivity contribution in [2.75, 3.05) is 0 Å². The highest BCUT2D eigenvalue weighted by molar-refractivity contribution is 7.09. The summed E-state index contributed by atoms with van der Waals surface area (Å²) < 4.78 is 5.55. The predicted octanol–water partition coefficient (Wildman–Crippen LogP) is 2.78. The Morgan fingerprint density at radius 1 is 1.38 bits per heavy atom. The first-order chi connectivity index (χ1) is 7.75. The van der Waals surface area contributed by atoms with Gasteiger partial charge in [-0.1, -0.05) is 18.2 Å². The van der Waals surface area contributed by atoms with Crippen LogP contribution in [0.1, 0.15) is 23.7 Å². The molecule has 1 unspecified atom stereocenters. The fraction of sp³-hybridized carbons (Fsp3) is 0.250. The minimum atomic E-state index is -0.512. The van der Waals surface area contributed by atoms with Gasteiger partial charge in [0.1, 0.15) is 17.4 Å². The molecule has 1 aromatic carbocycles. The van der Waals surface area contributed by atoms with Gasteiger partial charge in [-0.3, -0.25) is 0 Å². The Kier molecular flexibility index (Phi) is 3.54. The molecule has 4 heteroatoms. The molecule has 0 spiro atoms. The van der Waals surface area contributed by atoms with Gasteiger partial charge in [-0.25, -0.2) is 4.98 Å². The normalized spacial score (nSPS) is 12.4. The van der Waals surface area contributed by atoms with Crippen molar-refractivity contribution in [1.82, 2.24) is 4.98 Å². The molecule has 3 nitrogen and oxygen atoms in total. The summed E-state index contributed by atoms with van der Waals surface area (Å²) in [6.07, 6.45) is -0.512. The summed E-state index contributed by atoms with van der Waals surface area (Å²) in [7, 11) is 0. The summed E-state index contributed by atoms with van der Waals surface area (Å²) >= 11 is 1.50. The van der Waals surface area contributed by atoms with Crippen LogP contribution in [0.4, 0.5) is 0 Å². The molecule has 0 fully saturated rings. The Morgan fingerprint density at radius 3 is 2.75 bits per heavy atom. The molecule has 0 aliphatic rings. The van der Waals surface area contributed by atoms with E-state index in [0.717, 1.165) is 10.8 Å². The maximum Gasteiger partial charge on any atom is 0.140 e. The quantitative estimate of drug-likeness (QED) is 0.886. The lowest BCUT2D eigenvalue weighted by molar-refractivity contribution is 0.194. The Bertz CT molecular complexity index is 439. The molecule has 1 aromatic heterocycles. The van der Waals surface area contributed by atoms with Gasteiger partial charge in [0, 0.05) is 5.38 Å². The highest BCUT2D eigenvalue weighted by atomic mass is 32.1. The zero-order valence-corrected chi connectivity index (χ0v) is 9.78. The first-order valence-corrected chi connectivity index (χ1v) is 5.94. The van der Waals surface area contributed by atoms with E-state index >= 15 is 0 Å². The molecule has 84 valence electrons. The van der Waals surface area contributed by atoms with Crippen LogP contribution in [0, 0.1) is 0 Å². The molecule has 0 saturated heterocycles. The van der Waals surface area contributed by atoms with Crippen molar-refractivity contribution in [1.29, 1.82) is 0 Å². The van der Waals surface area contributed by atoms with Gasteiger partial charge in [0.25, 0.3) is 0 Å². The Labute approximate surface area is 98.4 Å². The van der Waals surface area contributed by atoms with Gasteiger partial charge >= 0.3 is 0 Å². The van der Waals surface area contributed by atoms with Crippen LogP contribution in [0.5, 0.6) is 5.75 Å². The van der Waals surface area contributed by atoms with Crippen molar-refractivity contribution in [2.24, 2.45) is 0 Å². The lowest BCUT2D eigenvalue weighted by Gasteiger charge is -2.02. The van der Waals surface area contributed by atoms with Crippen LogP contribution in [0.15, 0.2) is 35.7 Å². The first kappa shape index (κ1) is 11.1. The number of nitrogens with zero attached hydrogens (tertiary/aromatic N) is 1. The number of para-hydroxylation sites is 1. The van der Waals surface area contributed by atoms with E-state index in [4.69, 9.17) is 4.74 Å². The van der Waals surface area contributed by atoms with E-state index in [9.17, 15) is 5.11 Å². The first-order valence-electron chi connectivity index (χ1n) is 5.06. The third kappa shape index (κ3) is 2.81. The third-order valence-corrected chi connectivity index (χ3v) is 2.94. The zero-order chi connectivity index (χ0) is 11.4. The smallest absolute Gasteiger partial charge is 0.140 e. The fourth-order valence-electron chi connectivity index (χ4n) is 1.25. The van der Waals surface area contributed by atoms with Gasteiger partial charge in [0.15, 0.2) is 0 Å². The number of rotatable bonds is 4. The minimum Gasteiger partial charge on any atom is -0.486 e. The van der Waals surface area contributed by atoms with Crippen LogP contribution in [-0.2, 0) is 6.61 Å². The standard InChI is InChI=1S/C12H13NO2S/c1-9(14)11-8-16-12(13-11)7-15-10-5-3-2-4-6-10/h2-6,8-9,14H,7H2,1H3. The number of aromatic nitrogens is 1. The molecular formula is C12H13NO2S. The minimum absolute atomic E-state index is 0.446. The topological polar surface area (TPSA) is 42.4 Å². The van der Waals surface area contributed by atoms with Crippen molar-refractivity contribution in [3.63, 3.8) is 0 Å². The van der Waals surface area contributed by atoms with Crippen LogP contribution in [0.2, 0.25) is 0 Å². The van der Waals surface area contributed by atoms with Gasteiger partial charge < -0.3 is 9.84 Å². The maximum atomic E-state index is 9.33. The molecule has 2 aromatic rings. The van der Waals surface area contributed by atoms with E-state index < -0.39 is 6.10 Å². The Hall–Kier alpha value is -1.39. The van der Waals surface area contributed by atoms with Crippen LogP contribution in [0.3, 0.4) is 0 Å². The molecule has 1 heterocycles. The number of hydrogen-bond acceptors (Lipinski definition) is 4. The largest absolute Gasteiger partial charge is 0.486 e. The predicted molar refractivity (Wildman–Crippen MR) is 63.5 cm³/mol. The second-order valence-corrected chi connectivity index (χ2v) is 4.39. The number of aliphatic hydroxyl groups is 1. The SMILES string of the molecule is CC(O)c1csc(COc2ccccc2)n1. The molecule has 0 aliphatic heterocycles. The van der Waals surface area contributed by atoms with E-state index in [2.05, 4.69) is 4.98 Å². The highest BCUT2D eigenvalue weighted by Crippen LogP contribution is 2.18. The molecule has 0 saturated carbocycles. The average Bonchev–Trinajstić information content (AvgIpc) is 2.76. The Balaban J connectivity index is 1.95. The van der Waals surface area contributed by atoms with Crippen molar-refractivity contribution in [3.8, 4) is 5.75 Å². The lowest BCUT2D eigenvalue weighted by Crippen LogP contribution is -1.96. The molecule has 0 amide bonds. The number of hydrogen-bond donors (Lipinski definition) is 1. The lowest BCUT2D eigenvalue weighted by atomic mass is 10.3. The Morgan fingerprint density at radius 2 is 2.12 bits per heavy atom. The number of ether oxygens (including phenoxy) is 1. The van der Waals surface area contributed by atoms with E-state index in [1.54, 1.807) is 6.92 Å². The van der Waals surface area contributed by atoms with E-state index in [-0.39, 0.29) is 0 Å².